The van der Waals surface area contributed by atoms with Crippen LogP contribution >= 0.6 is 0 Å². The molecule has 2 N–H and O–H groups in total. The number of carbonyl (C=O) groups is 1. The van der Waals surface area contributed by atoms with Gasteiger partial charge in [-0.1, -0.05) is 45.7 Å². The molecule has 6 heteroatoms. The number of benzene rings is 1. The predicted octanol–water partition coefficient (Wildman–Crippen LogP) is 3.69. The molecule has 0 radical (unpaired) electrons. The number of piperidine rings is 1. The van der Waals surface area contributed by atoms with E-state index in [4.69, 9.17) is 0 Å². The normalized spacial score (nSPS) is 24.5. The van der Waals surface area contributed by atoms with Crippen LogP contribution in [0, 0.1) is 17.8 Å². The van der Waals surface area contributed by atoms with Crippen LogP contribution in [0.15, 0.2) is 33.9 Å². The summed E-state index contributed by atoms with van der Waals surface area (Å²) in [5.74, 6) is 1.76. The lowest BCUT2D eigenvalue weighted by Crippen LogP contribution is -2.45. The van der Waals surface area contributed by atoms with Gasteiger partial charge in [-0.25, -0.2) is 0 Å². The van der Waals surface area contributed by atoms with Crippen LogP contribution < -0.4 is 26.4 Å². The van der Waals surface area contributed by atoms with Gasteiger partial charge >= 0.3 is 0 Å². The third-order valence-electron chi connectivity index (χ3n) is 7.69. The lowest BCUT2D eigenvalue weighted by Gasteiger charge is -2.34. The number of carbonyl (C=O) groups excluding carboxylic acids is 1. The zero-order valence-electron chi connectivity index (χ0n) is 19.4. The van der Waals surface area contributed by atoms with E-state index in [-0.39, 0.29) is 17.4 Å². The largest absolute Gasteiger partial charge is 0.376 e. The fraction of sp³-hybridized carbons (Fsp3) is 0.577. The van der Waals surface area contributed by atoms with Crippen LogP contribution in [0.25, 0.3) is 0 Å². The first-order chi connectivity index (χ1) is 15.3. The number of amides is 1. The number of nitrogens with one attached hydrogen (secondary N) is 2. The maximum Gasteiger partial charge on any atom is 0.253 e. The molecule has 1 amide bonds. The molecule has 2 aromatic carbocycles. The van der Waals surface area contributed by atoms with E-state index in [1.54, 1.807) is 0 Å². The van der Waals surface area contributed by atoms with Gasteiger partial charge in [0.05, 0.1) is 0 Å². The zero-order chi connectivity index (χ0) is 22.8. The maximum absolute atomic E-state index is 12.7. The zero-order valence-corrected chi connectivity index (χ0v) is 19.4. The Balaban J connectivity index is 1.35. The number of anilines is 2. The summed E-state index contributed by atoms with van der Waals surface area (Å²) in [6.45, 7) is 8.80. The van der Waals surface area contributed by atoms with Crippen LogP contribution in [-0.4, -0.2) is 25.0 Å². The van der Waals surface area contributed by atoms with Crippen LogP contribution in [0.2, 0.25) is 0 Å². The fourth-order valence-electron chi connectivity index (χ4n) is 5.08. The molecule has 32 heavy (non-hydrogen) atoms. The van der Waals surface area contributed by atoms with E-state index in [2.05, 4.69) is 31.4 Å². The Kier molecular flexibility index (Phi) is 6.68. The van der Waals surface area contributed by atoms with Gasteiger partial charge in [0.1, 0.15) is 11.4 Å². The van der Waals surface area contributed by atoms with Crippen molar-refractivity contribution >= 4 is 17.3 Å². The third kappa shape index (κ3) is 4.59. The van der Waals surface area contributed by atoms with Gasteiger partial charge in [0.15, 0.2) is 0 Å². The fourth-order valence-corrected chi connectivity index (χ4v) is 5.08. The van der Waals surface area contributed by atoms with Gasteiger partial charge in [-0.3, -0.25) is 14.4 Å². The molecule has 172 valence electrons. The average molecular weight is 438 g/mol. The first-order valence-corrected chi connectivity index (χ1v) is 12.1. The molecular weight excluding hydrogens is 402 g/mol. The van der Waals surface area contributed by atoms with Crippen LogP contribution in [0.5, 0.6) is 0 Å². The molecule has 0 bridgehead atoms. The van der Waals surface area contributed by atoms with Crippen molar-refractivity contribution in [1.29, 1.82) is 0 Å². The van der Waals surface area contributed by atoms with Gasteiger partial charge in [-0.15, -0.1) is 0 Å². The lowest BCUT2D eigenvalue weighted by molar-refractivity contribution is 0.0891. The van der Waals surface area contributed by atoms with Crippen LogP contribution in [-0.2, 0) is 6.54 Å². The van der Waals surface area contributed by atoms with E-state index in [1.807, 2.05) is 29.2 Å². The van der Waals surface area contributed by atoms with Gasteiger partial charge < -0.3 is 15.5 Å². The minimum atomic E-state index is -0.426. The van der Waals surface area contributed by atoms with Crippen molar-refractivity contribution < 1.29 is 4.79 Å². The SMILES string of the molecule is CC1CCN(c2c(NCc3ccc(C(=O)N[C@@H]4CCC[C@H](C)[C@H]4C)cc3)c(=O)c2=O)CC1. The molecule has 0 unspecified atom stereocenters. The quantitative estimate of drug-likeness (QED) is 0.674. The van der Waals surface area contributed by atoms with Crippen molar-refractivity contribution in [2.24, 2.45) is 17.8 Å². The summed E-state index contributed by atoms with van der Waals surface area (Å²) in [7, 11) is 0. The number of rotatable bonds is 6. The Bertz CT molecular complexity index is 1010. The summed E-state index contributed by atoms with van der Waals surface area (Å²) < 4.78 is 0. The Hall–Kier alpha value is -2.63. The summed E-state index contributed by atoms with van der Waals surface area (Å²) in [5.41, 5.74) is 1.80. The summed E-state index contributed by atoms with van der Waals surface area (Å²) in [6.07, 6.45) is 5.52. The molecule has 1 heterocycles. The smallest absolute Gasteiger partial charge is 0.253 e. The number of hydrogen-bond acceptors (Lipinski definition) is 5. The minimum Gasteiger partial charge on any atom is -0.376 e. The highest BCUT2D eigenvalue weighted by atomic mass is 16.2. The second kappa shape index (κ2) is 9.47. The van der Waals surface area contributed by atoms with E-state index in [1.165, 1.54) is 6.42 Å². The molecule has 0 aromatic heterocycles. The molecule has 3 atom stereocenters. The molecule has 1 saturated heterocycles. The van der Waals surface area contributed by atoms with Crippen LogP contribution in [0.1, 0.15) is 68.8 Å². The Labute approximate surface area is 190 Å². The summed E-state index contributed by atoms with van der Waals surface area (Å²) in [5, 5.41) is 6.38. The monoisotopic (exact) mass is 437 g/mol. The number of hydrogen-bond donors (Lipinski definition) is 2. The van der Waals surface area contributed by atoms with E-state index in [9.17, 15) is 14.4 Å². The van der Waals surface area contributed by atoms with Crippen LogP contribution in [0.4, 0.5) is 11.4 Å². The summed E-state index contributed by atoms with van der Waals surface area (Å²) >= 11 is 0. The molecule has 6 nitrogen and oxygen atoms in total. The van der Waals surface area contributed by atoms with Gasteiger partial charge in [0.25, 0.3) is 16.8 Å². The predicted molar refractivity (Wildman–Crippen MR) is 129 cm³/mol. The van der Waals surface area contributed by atoms with Crippen molar-refractivity contribution in [3.63, 3.8) is 0 Å². The average Bonchev–Trinajstić information content (AvgIpc) is 2.80. The Morgan fingerprint density at radius 2 is 1.66 bits per heavy atom. The first-order valence-electron chi connectivity index (χ1n) is 12.1. The molecule has 2 fully saturated rings. The van der Waals surface area contributed by atoms with Gasteiger partial charge in [0, 0.05) is 31.2 Å². The second-order valence-corrected chi connectivity index (χ2v) is 9.95. The number of nitrogens with zero attached hydrogens (tertiary/aromatic N) is 1. The third-order valence-corrected chi connectivity index (χ3v) is 7.69. The molecular formula is C26H35N3O3. The first kappa shape index (κ1) is 22.6. The second-order valence-electron chi connectivity index (χ2n) is 9.95. The summed E-state index contributed by atoms with van der Waals surface area (Å²) in [6, 6.07) is 7.71. The summed E-state index contributed by atoms with van der Waals surface area (Å²) in [4.78, 5) is 39.0. The molecule has 2 aliphatic rings. The molecule has 1 aliphatic carbocycles. The van der Waals surface area contributed by atoms with Crippen molar-refractivity contribution in [1.82, 2.24) is 5.32 Å². The maximum atomic E-state index is 12.7. The lowest BCUT2D eigenvalue weighted by atomic mass is 9.78. The molecule has 1 saturated carbocycles. The standard InChI is InChI=1S/C26H35N3O3/c1-16-11-13-29(14-12-16)23-22(24(30)25(23)31)27-15-19-7-9-20(10-8-19)26(32)28-21-6-4-5-17(2)18(21)3/h7-10,16-18,21,27H,4-6,11-15H2,1-3H3,(H,28,32)/t17-,18+,21+/m0/s1. The highest BCUT2D eigenvalue weighted by Gasteiger charge is 2.29. The van der Waals surface area contributed by atoms with Gasteiger partial charge in [-0.2, -0.15) is 0 Å². The van der Waals surface area contributed by atoms with Crippen molar-refractivity contribution in [2.75, 3.05) is 23.3 Å². The van der Waals surface area contributed by atoms with Crippen LogP contribution in [0.3, 0.4) is 0 Å². The Morgan fingerprint density at radius 1 is 0.969 bits per heavy atom. The highest BCUT2D eigenvalue weighted by molar-refractivity contribution is 5.94. The van der Waals surface area contributed by atoms with E-state index in [0.717, 1.165) is 44.3 Å². The molecule has 0 spiro atoms. The highest BCUT2D eigenvalue weighted by Crippen LogP contribution is 2.30. The van der Waals surface area contributed by atoms with E-state index < -0.39 is 5.43 Å². The van der Waals surface area contributed by atoms with Gasteiger partial charge in [0.2, 0.25) is 0 Å². The molecule has 4 rings (SSSR count). The topological polar surface area (TPSA) is 78.5 Å². The van der Waals surface area contributed by atoms with E-state index >= 15 is 0 Å². The molecule has 1 aliphatic heterocycles. The molecule has 2 aromatic rings. The van der Waals surface area contributed by atoms with Crippen molar-refractivity contribution in [2.45, 2.75) is 65.5 Å². The Morgan fingerprint density at radius 3 is 2.34 bits per heavy atom. The minimum absolute atomic E-state index is 0.0282. The van der Waals surface area contributed by atoms with E-state index in [0.29, 0.717) is 41.2 Å². The van der Waals surface area contributed by atoms with Crippen molar-refractivity contribution in [3.05, 3.63) is 55.8 Å². The van der Waals surface area contributed by atoms with Crippen molar-refractivity contribution in [3.8, 4) is 0 Å². The van der Waals surface area contributed by atoms with Gasteiger partial charge in [-0.05, 0) is 54.7 Å².